The van der Waals surface area contributed by atoms with Crippen molar-refractivity contribution in [1.29, 1.82) is 0 Å². The van der Waals surface area contributed by atoms with Gasteiger partial charge in [0.15, 0.2) is 0 Å². The lowest BCUT2D eigenvalue weighted by Crippen LogP contribution is -2.57. The van der Waals surface area contributed by atoms with Crippen molar-refractivity contribution >= 4 is 15.9 Å². The number of aryl methyl sites for hydroxylation is 2. The van der Waals surface area contributed by atoms with Crippen molar-refractivity contribution in [2.75, 3.05) is 19.6 Å². The van der Waals surface area contributed by atoms with E-state index >= 15 is 0 Å². The highest BCUT2D eigenvalue weighted by Gasteiger charge is 2.42. The van der Waals surface area contributed by atoms with Gasteiger partial charge in [0, 0.05) is 31.4 Å². The number of fused-ring (bicyclic) bond motifs is 2. The minimum absolute atomic E-state index is 0.00490. The smallest absolute Gasteiger partial charge is 0.261 e. The Morgan fingerprint density at radius 2 is 1.90 bits per heavy atom. The molecule has 8 heteroatoms. The molecule has 29 heavy (non-hydrogen) atoms. The van der Waals surface area contributed by atoms with E-state index in [2.05, 4.69) is 4.98 Å². The molecule has 3 aliphatic rings. The van der Waals surface area contributed by atoms with E-state index in [0.29, 0.717) is 26.1 Å². The predicted octanol–water partition coefficient (Wildman–Crippen LogP) is 1.92. The van der Waals surface area contributed by atoms with Crippen LogP contribution in [-0.2, 0) is 22.9 Å². The summed E-state index contributed by atoms with van der Waals surface area (Å²) in [6.45, 7) is 4.95. The van der Waals surface area contributed by atoms with Gasteiger partial charge in [-0.3, -0.25) is 9.59 Å². The predicted molar refractivity (Wildman–Crippen MR) is 111 cm³/mol. The first-order valence-corrected chi connectivity index (χ1v) is 12.3. The van der Waals surface area contributed by atoms with E-state index in [9.17, 15) is 18.0 Å². The maximum Gasteiger partial charge on any atom is 0.261 e. The lowest BCUT2D eigenvalue weighted by Gasteiger charge is -2.47. The summed E-state index contributed by atoms with van der Waals surface area (Å²) in [7, 11) is -3.28. The van der Waals surface area contributed by atoms with E-state index in [1.54, 1.807) is 24.2 Å². The number of nitrogens with one attached hydrogen (secondary N) is 1. The van der Waals surface area contributed by atoms with Gasteiger partial charge in [0.25, 0.3) is 11.5 Å². The van der Waals surface area contributed by atoms with Crippen LogP contribution in [0.2, 0.25) is 0 Å². The molecule has 0 bridgehead atoms. The van der Waals surface area contributed by atoms with E-state index in [1.165, 1.54) is 0 Å². The van der Waals surface area contributed by atoms with Gasteiger partial charge in [0.2, 0.25) is 10.0 Å². The molecule has 3 heterocycles. The molecule has 2 fully saturated rings. The Kier molecular flexibility index (Phi) is 5.59. The zero-order valence-electron chi connectivity index (χ0n) is 17.3. The van der Waals surface area contributed by atoms with Gasteiger partial charge in [0.05, 0.1) is 5.25 Å². The molecule has 2 saturated heterocycles. The van der Waals surface area contributed by atoms with Crippen LogP contribution in [-0.4, -0.2) is 59.4 Å². The third-order valence-corrected chi connectivity index (χ3v) is 9.06. The number of hydrogen-bond donors (Lipinski definition) is 1. The summed E-state index contributed by atoms with van der Waals surface area (Å²) < 4.78 is 26.8. The van der Waals surface area contributed by atoms with Crippen LogP contribution in [0.15, 0.2) is 10.9 Å². The SMILES string of the molecule is CC(C)S(=O)(=O)N1CC[C@@H]2[C@H](CCCN2C(=O)c2cc3c([nH]c2=O)CCCC3)C1. The van der Waals surface area contributed by atoms with Crippen molar-refractivity contribution < 1.29 is 13.2 Å². The number of piperidine rings is 2. The number of nitrogens with zero attached hydrogens (tertiary/aromatic N) is 2. The first kappa shape index (κ1) is 20.6. The van der Waals surface area contributed by atoms with E-state index < -0.39 is 15.3 Å². The Balaban J connectivity index is 1.56. The molecular formula is C21H31N3O4S. The largest absolute Gasteiger partial charge is 0.335 e. The lowest BCUT2D eigenvalue weighted by atomic mass is 9.84. The van der Waals surface area contributed by atoms with Crippen LogP contribution in [0.5, 0.6) is 0 Å². The minimum Gasteiger partial charge on any atom is -0.335 e. The molecule has 0 saturated carbocycles. The summed E-state index contributed by atoms with van der Waals surface area (Å²) in [6.07, 6.45) is 6.31. The van der Waals surface area contributed by atoms with Gasteiger partial charge < -0.3 is 9.88 Å². The third kappa shape index (κ3) is 3.77. The molecule has 160 valence electrons. The van der Waals surface area contributed by atoms with Crippen LogP contribution in [0, 0.1) is 5.92 Å². The average Bonchev–Trinajstić information content (AvgIpc) is 2.71. The molecule has 0 aromatic carbocycles. The van der Waals surface area contributed by atoms with Gasteiger partial charge in [-0.05, 0) is 76.3 Å². The fourth-order valence-electron chi connectivity index (χ4n) is 5.14. The van der Waals surface area contributed by atoms with Crippen molar-refractivity contribution in [3.63, 3.8) is 0 Å². The highest BCUT2D eigenvalue weighted by Crippen LogP contribution is 2.33. The topological polar surface area (TPSA) is 90.6 Å². The second-order valence-electron chi connectivity index (χ2n) is 8.93. The highest BCUT2D eigenvalue weighted by molar-refractivity contribution is 7.89. The van der Waals surface area contributed by atoms with Gasteiger partial charge in [-0.2, -0.15) is 0 Å². The normalized spacial score (nSPS) is 25.6. The number of aromatic nitrogens is 1. The Morgan fingerprint density at radius 3 is 2.66 bits per heavy atom. The summed E-state index contributed by atoms with van der Waals surface area (Å²) in [6, 6.07) is 1.81. The fourth-order valence-corrected chi connectivity index (χ4v) is 6.50. The number of carbonyl (C=O) groups excluding carboxylic acids is 1. The Bertz CT molecular complexity index is 953. The molecular weight excluding hydrogens is 390 g/mol. The summed E-state index contributed by atoms with van der Waals surface area (Å²) in [5.74, 6) is -0.0684. The van der Waals surface area contributed by atoms with Crippen LogP contribution < -0.4 is 5.56 Å². The quantitative estimate of drug-likeness (QED) is 0.807. The molecule has 2 atom stereocenters. The van der Waals surface area contributed by atoms with Gasteiger partial charge >= 0.3 is 0 Å². The molecule has 1 N–H and O–H groups in total. The van der Waals surface area contributed by atoms with E-state index in [1.807, 2.05) is 4.90 Å². The molecule has 1 aromatic heterocycles. The first-order chi connectivity index (χ1) is 13.8. The number of hydrogen-bond acceptors (Lipinski definition) is 4. The Labute approximate surface area is 172 Å². The zero-order valence-corrected chi connectivity index (χ0v) is 18.1. The maximum absolute atomic E-state index is 13.3. The number of amides is 1. The standard InChI is InChI=1S/C21H31N3O4S/c1-14(2)29(27,28)23-11-9-19-16(13-23)7-5-10-24(19)21(26)17-12-15-6-3-4-8-18(15)22-20(17)25/h12,14,16,19H,3-11,13H2,1-2H3,(H,22,25)/t16-,19-/m1/s1. The fraction of sp³-hybridized carbons (Fsp3) is 0.714. The first-order valence-electron chi connectivity index (χ1n) is 10.8. The van der Waals surface area contributed by atoms with Crippen LogP contribution in [0.1, 0.15) is 67.6 Å². The maximum atomic E-state index is 13.3. The van der Waals surface area contributed by atoms with Crippen molar-refractivity contribution in [2.24, 2.45) is 5.92 Å². The second-order valence-corrected chi connectivity index (χ2v) is 11.4. The molecule has 1 amide bonds. The minimum atomic E-state index is -3.28. The van der Waals surface area contributed by atoms with Gasteiger partial charge in [-0.15, -0.1) is 0 Å². The lowest BCUT2D eigenvalue weighted by molar-refractivity contribution is 0.0332. The molecule has 1 aliphatic carbocycles. The van der Waals surface area contributed by atoms with Crippen LogP contribution in [0.25, 0.3) is 0 Å². The number of pyridine rings is 1. The van der Waals surface area contributed by atoms with Gasteiger partial charge in [-0.1, -0.05) is 0 Å². The van der Waals surface area contributed by atoms with Crippen molar-refractivity contribution in [2.45, 2.75) is 70.1 Å². The van der Waals surface area contributed by atoms with Crippen LogP contribution in [0.3, 0.4) is 0 Å². The molecule has 7 nitrogen and oxygen atoms in total. The van der Waals surface area contributed by atoms with Crippen molar-refractivity contribution in [3.05, 3.63) is 33.2 Å². The molecule has 1 aromatic rings. The summed E-state index contributed by atoms with van der Waals surface area (Å²) in [5.41, 5.74) is 2.01. The molecule has 4 rings (SSSR count). The molecule has 0 radical (unpaired) electrons. The zero-order chi connectivity index (χ0) is 20.8. The Morgan fingerprint density at radius 1 is 1.14 bits per heavy atom. The van der Waals surface area contributed by atoms with Gasteiger partial charge in [0.1, 0.15) is 5.56 Å². The van der Waals surface area contributed by atoms with E-state index in [-0.39, 0.29) is 29.0 Å². The van der Waals surface area contributed by atoms with E-state index in [4.69, 9.17) is 0 Å². The number of H-pyrrole nitrogens is 1. The molecule has 2 aliphatic heterocycles. The number of carbonyl (C=O) groups is 1. The Hall–Kier alpha value is -1.67. The number of rotatable bonds is 3. The van der Waals surface area contributed by atoms with E-state index in [0.717, 1.165) is 49.8 Å². The second kappa shape index (κ2) is 7.87. The van der Waals surface area contributed by atoms with Crippen LogP contribution >= 0.6 is 0 Å². The monoisotopic (exact) mass is 421 g/mol. The average molecular weight is 422 g/mol. The molecule has 0 spiro atoms. The van der Waals surface area contributed by atoms with Crippen molar-refractivity contribution in [3.8, 4) is 0 Å². The number of sulfonamides is 1. The summed E-state index contributed by atoms with van der Waals surface area (Å²) in [5, 5.41) is -0.436. The van der Waals surface area contributed by atoms with Gasteiger partial charge in [-0.25, -0.2) is 12.7 Å². The summed E-state index contributed by atoms with van der Waals surface area (Å²) >= 11 is 0. The number of likely N-dealkylation sites (tertiary alicyclic amines) is 1. The van der Waals surface area contributed by atoms with Crippen molar-refractivity contribution in [1.82, 2.24) is 14.2 Å². The van der Waals surface area contributed by atoms with Crippen LogP contribution in [0.4, 0.5) is 0 Å². The highest BCUT2D eigenvalue weighted by atomic mass is 32.2. The number of aromatic amines is 1. The summed E-state index contributed by atoms with van der Waals surface area (Å²) in [4.78, 5) is 30.7. The molecule has 0 unspecified atom stereocenters. The third-order valence-electron chi connectivity index (χ3n) is 6.82.